The van der Waals surface area contributed by atoms with Crippen LogP contribution in [0.15, 0.2) is 22.7 Å². The topological polar surface area (TPSA) is 103 Å². The van der Waals surface area contributed by atoms with E-state index in [1.165, 1.54) is 6.07 Å². The Kier molecular flexibility index (Phi) is 4.99. The summed E-state index contributed by atoms with van der Waals surface area (Å²) < 4.78 is 23.7. The van der Waals surface area contributed by atoms with Crippen molar-refractivity contribution in [3.63, 3.8) is 0 Å². The highest BCUT2D eigenvalue weighted by Gasteiger charge is 2.15. The van der Waals surface area contributed by atoms with Crippen LogP contribution >= 0.6 is 0 Å². The first kappa shape index (κ1) is 15.8. The van der Waals surface area contributed by atoms with Gasteiger partial charge in [0, 0.05) is 24.6 Å². The van der Waals surface area contributed by atoms with E-state index in [1.807, 2.05) is 14.0 Å². The highest BCUT2D eigenvalue weighted by molar-refractivity contribution is 5.37. The molecule has 2 rings (SSSR count). The maximum Gasteiger partial charge on any atom is 0.305 e. The monoisotopic (exact) mass is 310 g/mol. The second kappa shape index (κ2) is 6.94. The van der Waals surface area contributed by atoms with Gasteiger partial charge < -0.3 is 14.6 Å². The largest absolute Gasteiger partial charge is 0.484 e. The Balaban J connectivity index is 1.96. The number of hydrogen-bond donors (Lipinski definition) is 1. The van der Waals surface area contributed by atoms with Gasteiger partial charge in [0.2, 0.25) is 5.82 Å². The molecule has 22 heavy (non-hydrogen) atoms. The van der Waals surface area contributed by atoms with Crippen LogP contribution in [-0.4, -0.2) is 28.2 Å². The van der Waals surface area contributed by atoms with Crippen molar-refractivity contribution < 1.29 is 18.6 Å². The Labute approximate surface area is 125 Å². The van der Waals surface area contributed by atoms with Gasteiger partial charge in [0.1, 0.15) is 5.75 Å². The van der Waals surface area contributed by atoms with Gasteiger partial charge in [0.25, 0.3) is 5.89 Å². The molecule has 1 aromatic carbocycles. The normalized spacial score (nSPS) is 12.1. The lowest BCUT2D eigenvalue weighted by atomic mass is 10.2. The smallest absolute Gasteiger partial charge is 0.305 e. The summed E-state index contributed by atoms with van der Waals surface area (Å²) in [6.45, 7) is 1.93. The van der Waals surface area contributed by atoms with Crippen LogP contribution in [0.2, 0.25) is 0 Å². The lowest BCUT2D eigenvalue weighted by molar-refractivity contribution is -0.387. The van der Waals surface area contributed by atoms with Crippen molar-refractivity contribution in [3.8, 4) is 5.75 Å². The summed E-state index contributed by atoms with van der Waals surface area (Å²) in [5.41, 5.74) is -0.603. The number of benzene rings is 1. The van der Waals surface area contributed by atoms with Gasteiger partial charge in [-0.15, -0.1) is 0 Å². The van der Waals surface area contributed by atoms with E-state index in [0.29, 0.717) is 12.2 Å². The van der Waals surface area contributed by atoms with Gasteiger partial charge in [0.15, 0.2) is 12.4 Å². The molecule has 0 bridgehead atoms. The number of ether oxygens (including phenoxy) is 1. The molecule has 9 heteroatoms. The van der Waals surface area contributed by atoms with E-state index >= 15 is 0 Å². The number of likely N-dealkylation sites (N-methyl/N-ethyl adjacent to an activating group) is 1. The molecule has 8 nitrogen and oxygen atoms in total. The van der Waals surface area contributed by atoms with Crippen LogP contribution in [0, 0.1) is 15.9 Å². The summed E-state index contributed by atoms with van der Waals surface area (Å²) in [5, 5.41) is 17.4. The Bertz CT molecular complexity index is 661. The first-order chi connectivity index (χ1) is 10.5. The minimum Gasteiger partial charge on any atom is -0.484 e. The Morgan fingerprint density at radius 2 is 2.32 bits per heavy atom. The fraction of sp³-hybridized carbons (Fsp3) is 0.385. The first-order valence-electron chi connectivity index (χ1n) is 6.55. The Morgan fingerprint density at radius 3 is 2.95 bits per heavy atom. The van der Waals surface area contributed by atoms with Crippen LogP contribution in [0.4, 0.5) is 10.1 Å². The molecular formula is C13H15FN4O4. The van der Waals surface area contributed by atoms with Crippen LogP contribution < -0.4 is 10.1 Å². The molecule has 0 fully saturated rings. The molecule has 1 N–H and O–H groups in total. The number of nitrogens with zero attached hydrogens (tertiary/aromatic N) is 3. The summed E-state index contributed by atoms with van der Waals surface area (Å²) in [6, 6.07) is 3.49. The molecule has 0 aliphatic rings. The highest BCUT2D eigenvalue weighted by Crippen LogP contribution is 2.22. The number of halogens is 1. The maximum absolute atomic E-state index is 13.4. The molecule has 118 valence electrons. The van der Waals surface area contributed by atoms with Gasteiger partial charge in [-0.25, -0.2) is 0 Å². The SMILES string of the molecule is CNC(C)Cc1noc(COc2ccc([N+](=O)[O-])c(F)c2)n1. The van der Waals surface area contributed by atoms with Crippen molar-refractivity contribution >= 4 is 5.69 Å². The second-order valence-corrected chi connectivity index (χ2v) is 4.66. The minimum absolute atomic E-state index is 0.0435. The molecule has 0 amide bonds. The van der Waals surface area contributed by atoms with Crippen LogP contribution in [0.3, 0.4) is 0 Å². The van der Waals surface area contributed by atoms with E-state index < -0.39 is 16.4 Å². The minimum atomic E-state index is -0.962. The fourth-order valence-electron chi connectivity index (χ4n) is 1.68. The number of nitro groups is 1. The zero-order valence-electron chi connectivity index (χ0n) is 12.1. The second-order valence-electron chi connectivity index (χ2n) is 4.66. The molecular weight excluding hydrogens is 295 g/mol. The molecule has 0 saturated heterocycles. The molecule has 0 aliphatic carbocycles. The van der Waals surface area contributed by atoms with Crippen molar-refractivity contribution in [2.75, 3.05) is 7.05 Å². The van der Waals surface area contributed by atoms with E-state index in [9.17, 15) is 14.5 Å². The molecule has 2 aromatic rings. The number of nitro benzene ring substituents is 1. The molecule has 1 atom stereocenters. The predicted octanol–water partition coefficient (Wildman–Crippen LogP) is 1.85. The van der Waals surface area contributed by atoms with E-state index in [1.54, 1.807) is 0 Å². The number of hydrogen-bond acceptors (Lipinski definition) is 7. The van der Waals surface area contributed by atoms with Crippen molar-refractivity contribution in [1.29, 1.82) is 0 Å². The van der Waals surface area contributed by atoms with Gasteiger partial charge in [-0.05, 0) is 20.0 Å². The quantitative estimate of drug-likeness (QED) is 0.614. The van der Waals surface area contributed by atoms with Gasteiger partial charge in [-0.2, -0.15) is 9.37 Å². The average Bonchev–Trinajstić information content (AvgIpc) is 2.92. The Morgan fingerprint density at radius 1 is 1.55 bits per heavy atom. The van der Waals surface area contributed by atoms with E-state index in [0.717, 1.165) is 12.1 Å². The predicted molar refractivity (Wildman–Crippen MR) is 73.9 cm³/mol. The molecule has 1 aromatic heterocycles. The summed E-state index contributed by atoms with van der Waals surface area (Å²) in [6.07, 6.45) is 0.603. The number of aromatic nitrogens is 2. The van der Waals surface area contributed by atoms with E-state index in [-0.39, 0.29) is 24.3 Å². The van der Waals surface area contributed by atoms with Gasteiger partial charge in [0.05, 0.1) is 4.92 Å². The van der Waals surface area contributed by atoms with Crippen molar-refractivity contribution in [2.24, 2.45) is 0 Å². The summed E-state index contributed by atoms with van der Waals surface area (Å²) in [5.74, 6) is -0.0320. The maximum atomic E-state index is 13.4. The van der Waals surface area contributed by atoms with Crippen LogP contribution in [0.25, 0.3) is 0 Å². The van der Waals surface area contributed by atoms with Crippen molar-refractivity contribution in [2.45, 2.75) is 26.0 Å². The molecule has 0 saturated carbocycles. The fourth-order valence-corrected chi connectivity index (χ4v) is 1.68. The molecule has 0 radical (unpaired) electrons. The molecule has 1 heterocycles. The zero-order valence-corrected chi connectivity index (χ0v) is 12.1. The molecule has 1 unspecified atom stereocenters. The van der Waals surface area contributed by atoms with Gasteiger partial charge in [-0.3, -0.25) is 10.1 Å². The van der Waals surface area contributed by atoms with Gasteiger partial charge in [-0.1, -0.05) is 5.16 Å². The first-order valence-corrected chi connectivity index (χ1v) is 6.55. The summed E-state index contributed by atoms with van der Waals surface area (Å²) in [7, 11) is 1.83. The standard InChI is InChI=1S/C13H15FN4O4/c1-8(15-2)5-12-16-13(22-17-12)7-21-9-3-4-11(18(19)20)10(14)6-9/h3-4,6,8,15H,5,7H2,1-2H3. The summed E-state index contributed by atoms with van der Waals surface area (Å²) >= 11 is 0. The lowest BCUT2D eigenvalue weighted by Gasteiger charge is -2.05. The average molecular weight is 310 g/mol. The molecule has 0 spiro atoms. The van der Waals surface area contributed by atoms with Crippen LogP contribution in [0.5, 0.6) is 5.75 Å². The third-order valence-corrected chi connectivity index (χ3v) is 2.97. The van der Waals surface area contributed by atoms with Crippen molar-refractivity contribution in [3.05, 3.63) is 45.8 Å². The number of nitrogens with one attached hydrogen (secondary N) is 1. The lowest BCUT2D eigenvalue weighted by Crippen LogP contribution is -2.24. The van der Waals surface area contributed by atoms with E-state index in [2.05, 4.69) is 15.5 Å². The Hall–Kier alpha value is -2.55. The summed E-state index contributed by atoms with van der Waals surface area (Å²) in [4.78, 5) is 13.9. The third-order valence-electron chi connectivity index (χ3n) is 2.97. The third kappa shape index (κ3) is 3.98. The highest BCUT2D eigenvalue weighted by atomic mass is 19.1. The number of rotatable bonds is 7. The zero-order chi connectivity index (χ0) is 16.1. The van der Waals surface area contributed by atoms with Crippen LogP contribution in [-0.2, 0) is 13.0 Å². The van der Waals surface area contributed by atoms with Crippen molar-refractivity contribution in [1.82, 2.24) is 15.5 Å². The van der Waals surface area contributed by atoms with Crippen LogP contribution in [0.1, 0.15) is 18.6 Å². The van der Waals surface area contributed by atoms with Gasteiger partial charge >= 0.3 is 5.69 Å². The van der Waals surface area contributed by atoms with E-state index in [4.69, 9.17) is 9.26 Å². The molecule has 0 aliphatic heterocycles.